The number of nitrogens with one attached hydrogen (secondary N) is 1. The lowest BCUT2D eigenvalue weighted by Crippen LogP contribution is -2.26. The van der Waals surface area contributed by atoms with Crippen molar-refractivity contribution in [1.82, 2.24) is 15.2 Å². The summed E-state index contributed by atoms with van der Waals surface area (Å²) in [5.41, 5.74) is 3.01. The molecule has 0 saturated carbocycles. The molecule has 0 atom stereocenters. The van der Waals surface area contributed by atoms with Crippen molar-refractivity contribution in [1.29, 1.82) is 0 Å². The van der Waals surface area contributed by atoms with Gasteiger partial charge >= 0.3 is 0 Å². The minimum atomic E-state index is -0.0919. The number of amides is 1. The van der Waals surface area contributed by atoms with Crippen LogP contribution in [-0.2, 0) is 13.1 Å². The van der Waals surface area contributed by atoms with Crippen molar-refractivity contribution in [3.8, 4) is 0 Å². The van der Waals surface area contributed by atoms with E-state index in [-0.39, 0.29) is 5.91 Å². The van der Waals surface area contributed by atoms with E-state index >= 15 is 0 Å². The number of carbonyl (C=O) groups is 1. The van der Waals surface area contributed by atoms with Crippen LogP contribution >= 0.6 is 0 Å². The molecule has 1 heterocycles. The van der Waals surface area contributed by atoms with Gasteiger partial charge in [-0.3, -0.25) is 14.7 Å². The van der Waals surface area contributed by atoms with Crippen molar-refractivity contribution in [2.24, 2.45) is 0 Å². The van der Waals surface area contributed by atoms with Gasteiger partial charge in [0.25, 0.3) is 5.91 Å². The van der Waals surface area contributed by atoms with Crippen molar-refractivity contribution in [3.05, 3.63) is 65.5 Å². The third-order valence-electron chi connectivity index (χ3n) is 3.77. The highest BCUT2D eigenvalue weighted by atomic mass is 16.1. The van der Waals surface area contributed by atoms with E-state index in [0.717, 1.165) is 25.2 Å². The molecule has 0 saturated heterocycles. The molecule has 0 aliphatic rings. The van der Waals surface area contributed by atoms with Crippen LogP contribution in [0.4, 0.5) is 0 Å². The zero-order valence-corrected chi connectivity index (χ0v) is 13.2. The zero-order chi connectivity index (χ0) is 15.8. The molecule has 0 fully saturated rings. The minimum absolute atomic E-state index is 0.0919. The Kier molecular flexibility index (Phi) is 6.10. The Morgan fingerprint density at radius 3 is 2.45 bits per heavy atom. The second kappa shape index (κ2) is 8.29. The smallest absolute Gasteiger partial charge is 0.253 e. The highest BCUT2D eigenvalue weighted by Gasteiger charge is 2.09. The number of hydrogen-bond donors (Lipinski definition) is 1. The summed E-state index contributed by atoms with van der Waals surface area (Å²) in [6.07, 6.45) is 3.24. The van der Waals surface area contributed by atoms with E-state index in [9.17, 15) is 4.79 Å². The molecule has 0 aliphatic heterocycles. The SMILES string of the molecule is CCN(CC)Cc1ccccc1CNC(=O)c1cccnc1. The van der Waals surface area contributed by atoms with E-state index in [2.05, 4.69) is 41.2 Å². The predicted octanol–water partition coefficient (Wildman–Crippen LogP) is 2.85. The predicted molar refractivity (Wildman–Crippen MR) is 88.5 cm³/mol. The Labute approximate surface area is 132 Å². The average molecular weight is 297 g/mol. The summed E-state index contributed by atoms with van der Waals surface area (Å²) in [5, 5.41) is 2.97. The number of benzene rings is 1. The molecule has 1 aromatic heterocycles. The molecule has 116 valence electrons. The first-order valence-corrected chi connectivity index (χ1v) is 7.72. The van der Waals surface area contributed by atoms with Gasteiger partial charge in [-0.1, -0.05) is 38.1 Å². The summed E-state index contributed by atoms with van der Waals surface area (Å²) in [6, 6.07) is 11.8. The molecule has 22 heavy (non-hydrogen) atoms. The van der Waals surface area contributed by atoms with Crippen LogP contribution in [0, 0.1) is 0 Å². The Hall–Kier alpha value is -2.20. The molecule has 1 aromatic carbocycles. The summed E-state index contributed by atoms with van der Waals surface area (Å²) in [5.74, 6) is -0.0919. The van der Waals surface area contributed by atoms with Gasteiger partial charge in [0.15, 0.2) is 0 Å². The van der Waals surface area contributed by atoms with E-state index in [4.69, 9.17) is 0 Å². The largest absolute Gasteiger partial charge is 0.348 e. The lowest BCUT2D eigenvalue weighted by atomic mass is 10.1. The van der Waals surface area contributed by atoms with Crippen LogP contribution in [0.3, 0.4) is 0 Å². The number of hydrogen-bond acceptors (Lipinski definition) is 3. The molecule has 0 radical (unpaired) electrons. The second-order valence-electron chi connectivity index (χ2n) is 5.15. The summed E-state index contributed by atoms with van der Waals surface area (Å²) in [7, 11) is 0. The lowest BCUT2D eigenvalue weighted by Gasteiger charge is -2.20. The monoisotopic (exact) mass is 297 g/mol. The summed E-state index contributed by atoms with van der Waals surface area (Å²) < 4.78 is 0. The molecule has 2 rings (SSSR count). The van der Waals surface area contributed by atoms with Gasteiger partial charge in [-0.05, 0) is 36.3 Å². The fraction of sp³-hybridized carbons (Fsp3) is 0.333. The summed E-state index contributed by atoms with van der Waals surface area (Å²) in [6.45, 7) is 7.81. The first-order valence-electron chi connectivity index (χ1n) is 7.72. The van der Waals surface area contributed by atoms with Gasteiger partial charge in [-0.25, -0.2) is 0 Å². The Balaban J connectivity index is 2.02. The van der Waals surface area contributed by atoms with Crippen molar-refractivity contribution < 1.29 is 4.79 Å². The molecule has 0 bridgehead atoms. The maximum absolute atomic E-state index is 12.1. The van der Waals surface area contributed by atoms with Crippen molar-refractivity contribution in [2.45, 2.75) is 26.9 Å². The fourth-order valence-corrected chi connectivity index (χ4v) is 2.35. The third kappa shape index (κ3) is 4.40. The number of carbonyl (C=O) groups excluding carboxylic acids is 1. The maximum atomic E-state index is 12.1. The lowest BCUT2D eigenvalue weighted by molar-refractivity contribution is 0.0950. The highest BCUT2D eigenvalue weighted by molar-refractivity contribution is 5.93. The van der Waals surface area contributed by atoms with E-state index in [0.29, 0.717) is 12.1 Å². The van der Waals surface area contributed by atoms with Gasteiger partial charge in [0.1, 0.15) is 0 Å². The van der Waals surface area contributed by atoms with Crippen LogP contribution in [0.1, 0.15) is 35.3 Å². The van der Waals surface area contributed by atoms with Crippen LogP contribution in [0.5, 0.6) is 0 Å². The third-order valence-corrected chi connectivity index (χ3v) is 3.77. The minimum Gasteiger partial charge on any atom is -0.348 e. The summed E-state index contributed by atoms with van der Waals surface area (Å²) in [4.78, 5) is 18.4. The second-order valence-corrected chi connectivity index (χ2v) is 5.15. The first kappa shape index (κ1) is 16.2. The van der Waals surface area contributed by atoms with Crippen LogP contribution in [0.25, 0.3) is 0 Å². The topological polar surface area (TPSA) is 45.2 Å². The van der Waals surface area contributed by atoms with Gasteiger partial charge in [0, 0.05) is 25.5 Å². The van der Waals surface area contributed by atoms with Gasteiger partial charge in [0.05, 0.1) is 5.56 Å². The Morgan fingerprint density at radius 2 is 1.82 bits per heavy atom. The molecule has 1 N–H and O–H groups in total. The highest BCUT2D eigenvalue weighted by Crippen LogP contribution is 2.12. The van der Waals surface area contributed by atoms with Crippen molar-refractivity contribution >= 4 is 5.91 Å². The van der Waals surface area contributed by atoms with Crippen LogP contribution in [0.15, 0.2) is 48.8 Å². The molecule has 4 heteroatoms. The first-order chi connectivity index (χ1) is 10.7. The molecule has 1 amide bonds. The van der Waals surface area contributed by atoms with E-state index in [1.165, 1.54) is 5.56 Å². The number of rotatable bonds is 7. The number of nitrogens with zero attached hydrogens (tertiary/aromatic N) is 2. The number of pyridine rings is 1. The van der Waals surface area contributed by atoms with Gasteiger partial charge in [-0.2, -0.15) is 0 Å². The van der Waals surface area contributed by atoms with Gasteiger partial charge < -0.3 is 5.32 Å². The standard InChI is InChI=1S/C18H23N3O/c1-3-21(4-2)14-17-9-6-5-8-15(17)13-20-18(22)16-10-7-11-19-12-16/h5-12H,3-4,13-14H2,1-2H3,(H,20,22). The van der Waals surface area contributed by atoms with Gasteiger partial charge in [0.2, 0.25) is 0 Å². The Bertz CT molecular complexity index is 594. The zero-order valence-electron chi connectivity index (χ0n) is 13.2. The molecular formula is C18H23N3O. The van der Waals surface area contributed by atoms with Crippen molar-refractivity contribution in [3.63, 3.8) is 0 Å². The van der Waals surface area contributed by atoms with Gasteiger partial charge in [-0.15, -0.1) is 0 Å². The average Bonchev–Trinajstić information content (AvgIpc) is 2.59. The van der Waals surface area contributed by atoms with Crippen LogP contribution < -0.4 is 5.32 Å². The normalized spacial score (nSPS) is 10.7. The molecule has 0 unspecified atom stereocenters. The number of aromatic nitrogens is 1. The summed E-state index contributed by atoms with van der Waals surface area (Å²) >= 11 is 0. The Morgan fingerprint density at radius 1 is 1.09 bits per heavy atom. The van der Waals surface area contributed by atoms with E-state index in [1.54, 1.807) is 24.5 Å². The van der Waals surface area contributed by atoms with Crippen LogP contribution in [-0.4, -0.2) is 28.9 Å². The molecular weight excluding hydrogens is 274 g/mol. The van der Waals surface area contributed by atoms with Crippen LogP contribution in [0.2, 0.25) is 0 Å². The van der Waals surface area contributed by atoms with Crippen molar-refractivity contribution in [2.75, 3.05) is 13.1 Å². The molecule has 0 aliphatic carbocycles. The molecule has 4 nitrogen and oxygen atoms in total. The quantitative estimate of drug-likeness (QED) is 0.854. The van der Waals surface area contributed by atoms with E-state index < -0.39 is 0 Å². The maximum Gasteiger partial charge on any atom is 0.253 e. The fourth-order valence-electron chi connectivity index (χ4n) is 2.35. The molecule has 0 spiro atoms. The van der Waals surface area contributed by atoms with E-state index in [1.807, 2.05) is 12.1 Å². The molecule has 2 aromatic rings.